The lowest BCUT2D eigenvalue weighted by molar-refractivity contribution is -0.384. The third-order valence-electron chi connectivity index (χ3n) is 4.99. The smallest absolute Gasteiger partial charge is 0.292 e. The Hall–Kier alpha value is -3.33. The van der Waals surface area contributed by atoms with Gasteiger partial charge in [-0.1, -0.05) is 12.1 Å². The van der Waals surface area contributed by atoms with E-state index in [1.165, 1.54) is 6.07 Å². The Morgan fingerprint density at radius 3 is 2.45 bits per heavy atom. The number of nitrogens with zero attached hydrogens (tertiary/aromatic N) is 3. The molecule has 3 rings (SSSR count). The van der Waals surface area contributed by atoms with Crippen molar-refractivity contribution in [2.45, 2.75) is 13.8 Å². The minimum atomic E-state index is -0.360. The summed E-state index contributed by atoms with van der Waals surface area (Å²) in [6, 6.07) is 12.1. The number of carbonyl (C=O) groups is 1. The van der Waals surface area contributed by atoms with E-state index in [2.05, 4.69) is 5.32 Å². The van der Waals surface area contributed by atoms with E-state index in [-0.39, 0.29) is 23.1 Å². The van der Waals surface area contributed by atoms with Gasteiger partial charge in [-0.2, -0.15) is 0 Å². The molecule has 0 atom stereocenters. The van der Waals surface area contributed by atoms with Crippen molar-refractivity contribution < 1.29 is 19.2 Å². The summed E-state index contributed by atoms with van der Waals surface area (Å²) >= 11 is 0. The number of piperazine rings is 1. The van der Waals surface area contributed by atoms with Crippen molar-refractivity contribution in [1.29, 1.82) is 0 Å². The minimum Gasteiger partial charge on any atom is -0.494 e. The molecule has 0 radical (unpaired) electrons. The Kier molecular flexibility index (Phi) is 7.66. The van der Waals surface area contributed by atoms with Crippen LogP contribution in [0.15, 0.2) is 42.5 Å². The maximum absolute atomic E-state index is 12.6. The van der Waals surface area contributed by atoms with Crippen LogP contribution in [0.25, 0.3) is 0 Å². The molecular weight excluding hydrogens is 400 g/mol. The van der Waals surface area contributed by atoms with Crippen LogP contribution < -0.4 is 19.7 Å². The quantitative estimate of drug-likeness (QED) is 0.484. The SMILES string of the molecule is CCOc1ccc(OCC)c(NC(=O)CN2CCN(c3ccccc3[N+](=O)[O-])CC2)c1. The normalized spacial score (nSPS) is 14.2. The highest BCUT2D eigenvalue weighted by atomic mass is 16.6. The lowest BCUT2D eigenvalue weighted by Gasteiger charge is -2.35. The predicted molar refractivity (Wildman–Crippen MR) is 119 cm³/mol. The third-order valence-corrected chi connectivity index (χ3v) is 4.99. The predicted octanol–water partition coefficient (Wildman–Crippen LogP) is 3.15. The molecule has 0 spiro atoms. The number of nitro groups is 1. The second kappa shape index (κ2) is 10.6. The van der Waals surface area contributed by atoms with Gasteiger partial charge in [0.05, 0.1) is 30.4 Å². The van der Waals surface area contributed by atoms with Crippen molar-refractivity contribution in [2.24, 2.45) is 0 Å². The first-order chi connectivity index (χ1) is 15.0. The van der Waals surface area contributed by atoms with Gasteiger partial charge in [-0.3, -0.25) is 19.8 Å². The molecule has 1 heterocycles. The highest BCUT2D eigenvalue weighted by Gasteiger charge is 2.24. The van der Waals surface area contributed by atoms with Gasteiger partial charge in [0.1, 0.15) is 17.2 Å². The van der Waals surface area contributed by atoms with Crippen LogP contribution in [-0.4, -0.2) is 61.7 Å². The van der Waals surface area contributed by atoms with E-state index in [1.54, 1.807) is 30.3 Å². The molecule has 0 bridgehead atoms. The summed E-state index contributed by atoms with van der Waals surface area (Å²) in [6.45, 7) is 7.54. The van der Waals surface area contributed by atoms with Gasteiger partial charge < -0.3 is 19.7 Å². The molecule has 9 nitrogen and oxygen atoms in total. The molecule has 1 aliphatic heterocycles. The molecule has 166 valence electrons. The number of ether oxygens (including phenoxy) is 2. The Labute approximate surface area is 181 Å². The molecule has 1 saturated heterocycles. The van der Waals surface area contributed by atoms with Crippen LogP contribution in [-0.2, 0) is 4.79 Å². The van der Waals surface area contributed by atoms with Crippen molar-refractivity contribution in [2.75, 3.05) is 56.2 Å². The van der Waals surface area contributed by atoms with Crippen LogP contribution >= 0.6 is 0 Å². The van der Waals surface area contributed by atoms with Gasteiger partial charge in [-0.05, 0) is 32.0 Å². The highest BCUT2D eigenvalue weighted by Crippen LogP contribution is 2.30. The summed E-state index contributed by atoms with van der Waals surface area (Å²) in [5.41, 5.74) is 1.30. The van der Waals surface area contributed by atoms with Crippen LogP contribution in [0.3, 0.4) is 0 Å². The maximum Gasteiger partial charge on any atom is 0.292 e. The fourth-order valence-electron chi connectivity index (χ4n) is 3.57. The fourth-order valence-corrected chi connectivity index (χ4v) is 3.57. The molecule has 1 N–H and O–H groups in total. The zero-order valence-corrected chi connectivity index (χ0v) is 17.9. The van der Waals surface area contributed by atoms with Crippen LogP contribution in [0.5, 0.6) is 11.5 Å². The first-order valence-corrected chi connectivity index (χ1v) is 10.4. The van der Waals surface area contributed by atoms with E-state index in [1.807, 2.05) is 29.7 Å². The number of benzene rings is 2. The average Bonchev–Trinajstić information content (AvgIpc) is 2.76. The van der Waals surface area contributed by atoms with Gasteiger partial charge in [-0.15, -0.1) is 0 Å². The molecule has 1 fully saturated rings. The molecule has 1 aliphatic rings. The number of hydrogen-bond donors (Lipinski definition) is 1. The van der Waals surface area contributed by atoms with Crippen molar-refractivity contribution in [3.8, 4) is 11.5 Å². The molecule has 0 unspecified atom stereocenters. The molecule has 31 heavy (non-hydrogen) atoms. The summed E-state index contributed by atoms with van der Waals surface area (Å²) in [5, 5.41) is 14.2. The van der Waals surface area contributed by atoms with E-state index < -0.39 is 0 Å². The van der Waals surface area contributed by atoms with Crippen LogP contribution in [0.2, 0.25) is 0 Å². The molecule has 2 aromatic rings. The molecule has 2 aromatic carbocycles. The second-order valence-corrected chi connectivity index (χ2v) is 7.08. The Morgan fingerprint density at radius 1 is 1.06 bits per heavy atom. The summed E-state index contributed by atoms with van der Waals surface area (Å²) in [5.74, 6) is 1.12. The molecule has 0 saturated carbocycles. The lowest BCUT2D eigenvalue weighted by atomic mass is 10.2. The highest BCUT2D eigenvalue weighted by molar-refractivity contribution is 5.94. The number of amides is 1. The maximum atomic E-state index is 12.6. The second-order valence-electron chi connectivity index (χ2n) is 7.08. The third kappa shape index (κ3) is 5.85. The number of para-hydroxylation sites is 2. The van der Waals surface area contributed by atoms with Crippen LogP contribution in [0.1, 0.15) is 13.8 Å². The van der Waals surface area contributed by atoms with Gasteiger partial charge in [0, 0.05) is 38.3 Å². The van der Waals surface area contributed by atoms with Crippen LogP contribution in [0.4, 0.5) is 17.1 Å². The van der Waals surface area contributed by atoms with E-state index >= 15 is 0 Å². The number of rotatable bonds is 9. The Morgan fingerprint density at radius 2 is 1.77 bits per heavy atom. The topological polar surface area (TPSA) is 97.2 Å². The van der Waals surface area contributed by atoms with E-state index in [4.69, 9.17) is 9.47 Å². The molecule has 1 amide bonds. The fraction of sp³-hybridized carbons (Fsp3) is 0.409. The Bertz CT molecular complexity index is 913. The van der Waals surface area contributed by atoms with Crippen molar-refractivity contribution >= 4 is 23.0 Å². The zero-order chi connectivity index (χ0) is 22.2. The first-order valence-electron chi connectivity index (χ1n) is 10.4. The molecular formula is C22H28N4O5. The minimum absolute atomic E-state index is 0.103. The monoisotopic (exact) mass is 428 g/mol. The number of carbonyl (C=O) groups excluding carboxylic acids is 1. The van der Waals surface area contributed by atoms with Crippen LogP contribution in [0, 0.1) is 10.1 Å². The van der Waals surface area contributed by atoms with Crippen molar-refractivity contribution in [3.63, 3.8) is 0 Å². The number of nitro benzene ring substituents is 1. The van der Waals surface area contributed by atoms with Gasteiger partial charge in [0.25, 0.3) is 5.69 Å². The van der Waals surface area contributed by atoms with Crippen molar-refractivity contribution in [3.05, 3.63) is 52.6 Å². The van der Waals surface area contributed by atoms with E-state index in [0.717, 1.165) is 0 Å². The molecule has 9 heteroatoms. The average molecular weight is 428 g/mol. The first kappa shape index (κ1) is 22.4. The summed E-state index contributed by atoms with van der Waals surface area (Å²) < 4.78 is 11.1. The lowest BCUT2D eigenvalue weighted by Crippen LogP contribution is -2.48. The van der Waals surface area contributed by atoms with Gasteiger partial charge in [0.15, 0.2) is 0 Å². The molecule has 0 aliphatic carbocycles. The van der Waals surface area contributed by atoms with E-state index in [9.17, 15) is 14.9 Å². The van der Waals surface area contributed by atoms with Crippen molar-refractivity contribution in [1.82, 2.24) is 4.90 Å². The number of hydrogen-bond acceptors (Lipinski definition) is 7. The van der Waals surface area contributed by atoms with Gasteiger partial charge >= 0.3 is 0 Å². The number of nitrogens with one attached hydrogen (secondary N) is 1. The van der Waals surface area contributed by atoms with Gasteiger partial charge in [-0.25, -0.2) is 0 Å². The van der Waals surface area contributed by atoms with E-state index in [0.29, 0.717) is 62.3 Å². The zero-order valence-electron chi connectivity index (χ0n) is 17.9. The molecule has 0 aromatic heterocycles. The standard InChI is InChI=1S/C22H28N4O5/c1-3-30-17-9-10-21(31-4-2)18(15-17)23-22(27)16-24-11-13-25(14-12-24)19-7-5-6-8-20(19)26(28)29/h5-10,15H,3-4,11-14,16H2,1-2H3,(H,23,27). The summed E-state index contributed by atoms with van der Waals surface area (Å²) in [4.78, 5) is 27.6. The summed E-state index contributed by atoms with van der Waals surface area (Å²) in [6.07, 6.45) is 0. The van der Waals surface area contributed by atoms with Gasteiger partial charge in [0.2, 0.25) is 5.91 Å². The summed E-state index contributed by atoms with van der Waals surface area (Å²) in [7, 11) is 0. The Balaban J connectivity index is 1.58. The largest absolute Gasteiger partial charge is 0.494 e. The number of anilines is 2.